The molecule has 0 aromatic heterocycles. The molecular weight excluding hydrogens is 192 g/mol. The Labute approximate surface area is 93.1 Å². The van der Waals surface area contributed by atoms with E-state index in [9.17, 15) is 0 Å². The summed E-state index contributed by atoms with van der Waals surface area (Å²) < 4.78 is 0. The Kier molecular flexibility index (Phi) is 4.66. The average Bonchev–Trinajstić information content (AvgIpc) is 2.82. The molecule has 14 heavy (non-hydrogen) atoms. The molecule has 1 fully saturated rings. The van der Waals surface area contributed by atoms with E-state index in [0.29, 0.717) is 0 Å². The van der Waals surface area contributed by atoms with Gasteiger partial charge in [-0.1, -0.05) is 20.3 Å². The predicted molar refractivity (Wildman–Crippen MR) is 65.4 cm³/mol. The van der Waals surface area contributed by atoms with Gasteiger partial charge in [-0.15, -0.1) is 0 Å². The zero-order valence-electron chi connectivity index (χ0n) is 9.55. The summed E-state index contributed by atoms with van der Waals surface area (Å²) in [6.07, 6.45) is 3.80. The van der Waals surface area contributed by atoms with Crippen molar-refractivity contribution in [2.45, 2.75) is 33.1 Å². The van der Waals surface area contributed by atoms with E-state index in [1.165, 1.54) is 19.3 Å². The first-order valence-corrected chi connectivity index (χ1v) is 6.05. The fraction of sp³-hybridized carbons (Fsp3) is 0.909. The van der Waals surface area contributed by atoms with Crippen LogP contribution in [0, 0.1) is 11.8 Å². The highest BCUT2D eigenvalue weighted by atomic mass is 32.1. The molecule has 0 heterocycles. The first kappa shape index (κ1) is 11.8. The largest absolute Gasteiger partial charge is 0.363 e. The third kappa shape index (κ3) is 3.82. The summed E-state index contributed by atoms with van der Waals surface area (Å²) in [5.41, 5.74) is 0. The van der Waals surface area contributed by atoms with E-state index in [2.05, 4.69) is 31.1 Å². The lowest BCUT2D eigenvalue weighted by Gasteiger charge is -2.20. The molecule has 1 aliphatic carbocycles. The van der Waals surface area contributed by atoms with Crippen LogP contribution in [0.15, 0.2) is 0 Å². The van der Waals surface area contributed by atoms with E-state index in [-0.39, 0.29) is 0 Å². The maximum absolute atomic E-state index is 5.29. The number of thiocarbonyl (C=S) groups is 1. The molecule has 1 saturated carbocycles. The minimum absolute atomic E-state index is 0.880. The van der Waals surface area contributed by atoms with E-state index in [0.717, 1.165) is 30.0 Å². The lowest BCUT2D eigenvalue weighted by atomic mass is 10.3. The van der Waals surface area contributed by atoms with E-state index in [1.54, 1.807) is 0 Å². The number of hydrogen-bond donors (Lipinski definition) is 1. The van der Waals surface area contributed by atoms with Crippen molar-refractivity contribution in [3.05, 3.63) is 0 Å². The SMILES string of the molecule is CCCCNC(=S)N(C)CC1CC1C. The second-order valence-corrected chi connectivity index (χ2v) is 4.83. The molecule has 0 aliphatic heterocycles. The molecule has 2 nitrogen and oxygen atoms in total. The summed E-state index contributed by atoms with van der Waals surface area (Å²) in [5.74, 6) is 1.79. The maximum atomic E-state index is 5.29. The lowest BCUT2D eigenvalue weighted by Crippen LogP contribution is -2.38. The number of unbranched alkanes of at least 4 members (excludes halogenated alkanes) is 1. The topological polar surface area (TPSA) is 15.3 Å². The first-order valence-electron chi connectivity index (χ1n) is 5.64. The van der Waals surface area contributed by atoms with Crippen molar-refractivity contribution in [2.24, 2.45) is 11.8 Å². The molecule has 1 N–H and O–H groups in total. The molecule has 0 radical (unpaired) electrons. The Morgan fingerprint density at radius 2 is 2.21 bits per heavy atom. The fourth-order valence-electron chi connectivity index (χ4n) is 1.60. The van der Waals surface area contributed by atoms with Crippen LogP contribution in [-0.2, 0) is 0 Å². The summed E-state index contributed by atoms with van der Waals surface area (Å²) in [6, 6.07) is 0. The van der Waals surface area contributed by atoms with Crippen LogP contribution in [0.4, 0.5) is 0 Å². The molecule has 1 rings (SSSR count). The van der Waals surface area contributed by atoms with Gasteiger partial charge < -0.3 is 10.2 Å². The second-order valence-electron chi connectivity index (χ2n) is 4.44. The Hall–Kier alpha value is -0.310. The number of nitrogens with zero attached hydrogens (tertiary/aromatic N) is 1. The third-order valence-corrected chi connectivity index (χ3v) is 3.39. The quantitative estimate of drug-likeness (QED) is 0.558. The van der Waals surface area contributed by atoms with Crippen molar-refractivity contribution in [3.63, 3.8) is 0 Å². The van der Waals surface area contributed by atoms with Crippen molar-refractivity contribution in [1.29, 1.82) is 0 Å². The van der Waals surface area contributed by atoms with Crippen molar-refractivity contribution in [2.75, 3.05) is 20.1 Å². The van der Waals surface area contributed by atoms with Gasteiger partial charge in [-0.05, 0) is 36.9 Å². The second kappa shape index (κ2) is 5.54. The van der Waals surface area contributed by atoms with Crippen LogP contribution in [0.25, 0.3) is 0 Å². The smallest absolute Gasteiger partial charge is 0.168 e. The van der Waals surface area contributed by atoms with Crippen LogP contribution in [0.5, 0.6) is 0 Å². The summed E-state index contributed by atoms with van der Waals surface area (Å²) in [7, 11) is 2.09. The molecule has 2 atom stereocenters. The van der Waals surface area contributed by atoms with Crippen molar-refractivity contribution in [1.82, 2.24) is 10.2 Å². The molecule has 1 aliphatic rings. The molecule has 0 amide bonds. The van der Waals surface area contributed by atoms with Crippen LogP contribution in [0.1, 0.15) is 33.1 Å². The molecule has 0 spiro atoms. The zero-order chi connectivity index (χ0) is 10.6. The first-order chi connectivity index (χ1) is 6.65. The Balaban J connectivity index is 2.09. The molecule has 0 saturated heterocycles. The number of hydrogen-bond acceptors (Lipinski definition) is 1. The molecule has 0 aromatic rings. The van der Waals surface area contributed by atoms with Crippen LogP contribution >= 0.6 is 12.2 Å². The molecule has 3 heteroatoms. The Bertz CT molecular complexity index is 194. The normalized spacial score (nSPS) is 24.5. The summed E-state index contributed by atoms with van der Waals surface area (Å²) in [6.45, 7) is 6.64. The summed E-state index contributed by atoms with van der Waals surface area (Å²) >= 11 is 5.29. The van der Waals surface area contributed by atoms with Gasteiger partial charge in [-0.3, -0.25) is 0 Å². The van der Waals surface area contributed by atoms with Crippen molar-refractivity contribution < 1.29 is 0 Å². The van der Waals surface area contributed by atoms with Gasteiger partial charge in [0.1, 0.15) is 0 Å². The zero-order valence-corrected chi connectivity index (χ0v) is 10.4. The van der Waals surface area contributed by atoms with Crippen LogP contribution in [0.3, 0.4) is 0 Å². The third-order valence-electron chi connectivity index (χ3n) is 2.94. The standard InChI is InChI=1S/C11H22N2S/c1-4-5-6-12-11(14)13(3)8-10-7-9(10)2/h9-10H,4-8H2,1-3H3,(H,12,14). The Morgan fingerprint density at radius 1 is 1.57 bits per heavy atom. The molecular formula is C11H22N2S. The summed E-state index contributed by atoms with van der Waals surface area (Å²) in [5, 5.41) is 4.20. The highest BCUT2D eigenvalue weighted by Crippen LogP contribution is 2.37. The van der Waals surface area contributed by atoms with Gasteiger partial charge in [0, 0.05) is 20.1 Å². The Morgan fingerprint density at radius 3 is 2.71 bits per heavy atom. The van der Waals surface area contributed by atoms with Crippen LogP contribution < -0.4 is 5.32 Å². The number of rotatable bonds is 5. The van der Waals surface area contributed by atoms with E-state index < -0.39 is 0 Å². The maximum Gasteiger partial charge on any atom is 0.168 e. The van der Waals surface area contributed by atoms with E-state index >= 15 is 0 Å². The van der Waals surface area contributed by atoms with Crippen LogP contribution in [0.2, 0.25) is 0 Å². The van der Waals surface area contributed by atoms with Gasteiger partial charge in [-0.25, -0.2) is 0 Å². The minimum atomic E-state index is 0.880. The van der Waals surface area contributed by atoms with Gasteiger partial charge in [0.05, 0.1) is 0 Å². The van der Waals surface area contributed by atoms with Gasteiger partial charge in [0.25, 0.3) is 0 Å². The van der Waals surface area contributed by atoms with Gasteiger partial charge >= 0.3 is 0 Å². The average molecular weight is 214 g/mol. The van der Waals surface area contributed by atoms with Gasteiger partial charge in [0.2, 0.25) is 0 Å². The van der Waals surface area contributed by atoms with E-state index in [1.807, 2.05) is 0 Å². The summed E-state index contributed by atoms with van der Waals surface area (Å²) in [4.78, 5) is 2.18. The monoisotopic (exact) mass is 214 g/mol. The van der Waals surface area contributed by atoms with Crippen LogP contribution in [-0.4, -0.2) is 30.1 Å². The predicted octanol–water partition coefficient (Wildman–Crippen LogP) is 2.25. The minimum Gasteiger partial charge on any atom is -0.363 e. The highest BCUT2D eigenvalue weighted by Gasteiger charge is 2.33. The number of nitrogens with one attached hydrogen (secondary N) is 1. The van der Waals surface area contributed by atoms with Crippen molar-refractivity contribution in [3.8, 4) is 0 Å². The molecule has 0 aromatic carbocycles. The molecule has 0 bridgehead atoms. The fourth-order valence-corrected chi connectivity index (χ4v) is 1.77. The molecule has 2 unspecified atom stereocenters. The van der Waals surface area contributed by atoms with E-state index in [4.69, 9.17) is 12.2 Å². The molecule has 82 valence electrons. The lowest BCUT2D eigenvalue weighted by molar-refractivity contribution is 0.453. The van der Waals surface area contributed by atoms with Gasteiger partial charge in [-0.2, -0.15) is 0 Å². The highest BCUT2D eigenvalue weighted by molar-refractivity contribution is 7.80. The van der Waals surface area contributed by atoms with Gasteiger partial charge in [0.15, 0.2) is 5.11 Å². The van der Waals surface area contributed by atoms with Crippen molar-refractivity contribution >= 4 is 17.3 Å².